The van der Waals surface area contributed by atoms with Crippen molar-refractivity contribution in [3.8, 4) is 5.88 Å². The van der Waals surface area contributed by atoms with Gasteiger partial charge < -0.3 is 14.2 Å². The molecule has 0 aromatic carbocycles. The largest absolute Gasteiger partial charge is 0.474 e. The Balaban J connectivity index is 1.66. The van der Waals surface area contributed by atoms with Gasteiger partial charge in [0.2, 0.25) is 5.88 Å². The highest BCUT2D eigenvalue weighted by Crippen LogP contribution is 2.30. The van der Waals surface area contributed by atoms with Gasteiger partial charge in [0.15, 0.2) is 0 Å². The molecule has 0 atom stereocenters. The van der Waals surface area contributed by atoms with Crippen molar-refractivity contribution >= 4 is 0 Å². The first kappa shape index (κ1) is 19.2. The summed E-state index contributed by atoms with van der Waals surface area (Å²) in [5.74, 6) is 0.712. The zero-order chi connectivity index (χ0) is 17.8. The predicted molar refractivity (Wildman–Crippen MR) is 96.5 cm³/mol. The average molecular weight is 335 g/mol. The van der Waals surface area contributed by atoms with Crippen LogP contribution >= 0.6 is 0 Å². The molecule has 0 saturated heterocycles. The normalized spacial score (nSPS) is 21.4. The van der Waals surface area contributed by atoms with Gasteiger partial charge in [0.1, 0.15) is 6.10 Å². The average Bonchev–Trinajstić information content (AvgIpc) is 2.40. The number of pyridine rings is 1. The number of hydrogen-bond acceptors (Lipinski definition) is 4. The van der Waals surface area contributed by atoms with E-state index in [-0.39, 0.29) is 17.3 Å². The first-order valence-corrected chi connectivity index (χ1v) is 9.04. The Hall–Kier alpha value is -1.13. The summed E-state index contributed by atoms with van der Waals surface area (Å²) in [6.07, 6.45) is 6.35. The number of aryl methyl sites for hydroxylation is 1. The van der Waals surface area contributed by atoms with E-state index in [1.54, 1.807) is 0 Å². The van der Waals surface area contributed by atoms with Crippen molar-refractivity contribution in [1.82, 2.24) is 4.98 Å². The molecule has 4 heteroatoms. The van der Waals surface area contributed by atoms with E-state index in [0.29, 0.717) is 12.0 Å². The molecule has 0 N–H and O–H groups in total. The molecule has 1 aromatic rings. The van der Waals surface area contributed by atoms with Crippen LogP contribution in [0.4, 0.5) is 0 Å². The van der Waals surface area contributed by atoms with Gasteiger partial charge in [0.25, 0.3) is 0 Å². The molecule has 1 saturated carbocycles. The molecule has 0 aliphatic heterocycles. The SMILES string of the molecule is CC(C)(C)OCCCc1ccc(OC2CC(OC(C)(C)C)C2)nc1. The maximum atomic E-state index is 5.93. The minimum Gasteiger partial charge on any atom is -0.474 e. The highest BCUT2D eigenvalue weighted by atomic mass is 16.5. The van der Waals surface area contributed by atoms with Gasteiger partial charge >= 0.3 is 0 Å². The summed E-state index contributed by atoms with van der Waals surface area (Å²) < 4.78 is 17.6. The third-order valence-corrected chi connectivity index (χ3v) is 3.80. The van der Waals surface area contributed by atoms with Crippen LogP contribution in [0.3, 0.4) is 0 Å². The summed E-state index contributed by atoms with van der Waals surface area (Å²) in [7, 11) is 0. The lowest BCUT2D eigenvalue weighted by Crippen LogP contribution is -2.43. The zero-order valence-electron chi connectivity index (χ0n) is 16.1. The molecule has 0 amide bonds. The molecule has 4 nitrogen and oxygen atoms in total. The van der Waals surface area contributed by atoms with Crippen molar-refractivity contribution in [1.29, 1.82) is 0 Å². The Bertz CT molecular complexity index is 493. The minimum atomic E-state index is -0.0771. The fourth-order valence-electron chi connectivity index (χ4n) is 2.66. The van der Waals surface area contributed by atoms with E-state index in [0.717, 1.165) is 32.3 Å². The Morgan fingerprint density at radius 3 is 2.25 bits per heavy atom. The standard InChI is InChI=1S/C20H33NO3/c1-19(2,3)22-11-7-8-15-9-10-18(21-14-15)23-16-12-17(13-16)24-20(4,5)6/h9-10,14,16-17H,7-8,11-13H2,1-6H3. The number of nitrogens with zero attached hydrogens (tertiary/aromatic N) is 1. The summed E-state index contributed by atoms with van der Waals surface area (Å²) in [6.45, 7) is 13.3. The molecule has 136 valence electrons. The lowest BCUT2D eigenvalue weighted by molar-refractivity contribution is -0.127. The molecule has 0 radical (unpaired) electrons. The Labute approximate surface area is 146 Å². The molecule has 1 aliphatic rings. The molecule has 24 heavy (non-hydrogen) atoms. The Morgan fingerprint density at radius 2 is 1.71 bits per heavy atom. The predicted octanol–water partition coefficient (Wildman–Crippen LogP) is 4.55. The van der Waals surface area contributed by atoms with E-state index < -0.39 is 0 Å². The minimum absolute atomic E-state index is 0.0622. The van der Waals surface area contributed by atoms with Gasteiger partial charge in [-0.05, 0) is 59.9 Å². The smallest absolute Gasteiger partial charge is 0.213 e. The summed E-state index contributed by atoms with van der Waals surface area (Å²) in [5.41, 5.74) is 1.09. The van der Waals surface area contributed by atoms with Gasteiger partial charge in [-0.2, -0.15) is 0 Å². The second kappa shape index (κ2) is 7.83. The van der Waals surface area contributed by atoms with Crippen LogP contribution in [0.15, 0.2) is 18.3 Å². The maximum Gasteiger partial charge on any atom is 0.213 e. The van der Waals surface area contributed by atoms with Gasteiger partial charge in [-0.15, -0.1) is 0 Å². The zero-order valence-corrected chi connectivity index (χ0v) is 16.1. The van der Waals surface area contributed by atoms with Crippen LogP contribution in [0.1, 0.15) is 66.4 Å². The molecule has 0 spiro atoms. The first-order valence-electron chi connectivity index (χ1n) is 9.04. The summed E-state index contributed by atoms with van der Waals surface area (Å²) in [5, 5.41) is 0. The summed E-state index contributed by atoms with van der Waals surface area (Å²) in [4.78, 5) is 4.42. The van der Waals surface area contributed by atoms with Crippen molar-refractivity contribution in [2.24, 2.45) is 0 Å². The maximum absolute atomic E-state index is 5.93. The summed E-state index contributed by atoms with van der Waals surface area (Å²) in [6, 6.07) is 4.07. The topological polar surface area (TPSA) is 40.6 Å². The molecule has 1 aromatic heterocycles. The van der Waals surface area contributed by atoms with Crippen LogP contribution in [0.5, 0.6) is 5.88 Å². The van der Waals surface area contributed by atoms with Crippen molar-refractivity contribution in [2.75, 3.05) is 6.61 Å². The van der Waals surface area contributed by atoms with Crippen LogP contribution in [-0.4, -0.2) is 35.0 Å². The lowest BCUT2D eigenvalue weighted by atomic mass is 9.91. The number of rotatable bonds is 7. The van der Waals surface area contributed by atoms with Crippen molar-refractivity contribution in [3.63, 3.8) is 0 Å². The van der Waals surface area contributed by atoms with Gasteiger partial charge in [0.05, 0.1) is 17.3 Å². The highest BCUT2D eigenvalue weighted by Gasteiger charge is 2.34. The van der Waals surface area contributed by atoms with Crippen LogP contribution in [-0.2, 0) is 15.9 Å². The van der Waals surface area contributed by atoms with Crippen LogP contribution < -0.4 is 4.74 Å². The fourth-order valence-corrected chi connectivity index (χ4v) is 2.66. The van der Waals surface area contributed by atoms with Crippen LogP contribution in [0.2, 0.25) is 0 Å². The molecule has 1 aliphatic carbocycles. The van der Waals surface area contributed by atoms with Crippen LogP contribution in [0.25, 0.3) is 0 Å². The van der Waals surface area contributed by atoms with E-state index in [4.69, 9.17) is 14.2 Å². The van der Waals surface area contributed by atoms with Gasteiger partial charge in [0, 0.05) is 31.7 Å². The van der Waals surface area contributed by atoms with Crippen molar-refractivity contribution in [2.45, 2.75) is 90.6 Å². The van der Waals surface area contributed by atoms with Crippen molar-refractivity contribution < 1.29 is 14.2 Å². The molecule has 1 heterocycles. The van der Waals surface area contributed by atoms with E-state index in [2.05, 4.69) is 52.6 Å². The van der Waals surface area contributed by atoms with E-state index in [1.807, 2.05) is 12.3 Å². The third kappa shape index (κ3) is 7.18. The molecule has 1 fully saturated rings. The number of aromatic nitrogens is 1. The van der Waals surface area contributed by atoms with Crippen LogP contribution in [0, 0.1) is 0 Å². The Kier molecular flexibility index (Phi) is 6.27. The van der Waals surface area contributed by atoms with Gasteiger partial charge in [-0.25, -0.2) is 4.98 Å². The van der Waals surface area contributed by atoms with Gasteiger partial charge in [-0.1, -0.05) is 6.07 Å². The fraction of sp³-hybridized carbons (Fsp3) is 0.750. The highest BCUT2D eigenvalue weighted by molar-refractivity contribution is 5.18. The molecular weight excluding hydrogens is 302 g/mol. The van der Waals surface area contributed by atoms with E-state index in [1.165, 1.54) is 5.56 Å². The molecule has 0 unspecified atom stereocenters. The monoisotopic (exact) mass is 335 g/mol. The summed E-state index contributed by atoms with van der Waals surface area (Å²) >= 11 is 0. The van der Waals surface area contributed by atoms with E-state index in [9.17, 15) is 0 Å². The van der Waals surface area contributed by atoms with Crippen molar-refractivity contribution in [3.05, 3.63) is 23.9 Å². The molecular formula is C20H33NO3. The Morgan fingerprint density at radius 1 is 1.00 bits per heavy atom. The first-order chi connectivity index (χ1) is 11.1. The lowest BCUT2D eigenvalue weighted by Gasteiger charge is -2.38. The number of hydrogen-bond donors (Lipinski definition) is 0. The second-order valence-electron chi connectivity index (χ2n) is 8.63. The van der Waals surface area contributed by atoms with E-state index >= 15 is 0 Å². The third-order valence-electron chi connectivity index (χ3n) is 3.80. The molecule has 0 bridgehead atoms. The second-order valence-corrected chi connectivity index (χ2v) is 8.63. The number of ether oxygens (including phenoxy) is 3. The molecule has 2 rings (SSSR count). The van der Waals surface area contributed by atoms with Gasteiger partial charge in [-0.3, -0.25) is 0 Å². The quantitative estimate of drug-likeness (QED) is 0.685.